The van der Waals surface area contributed by atoms with E-state index < -0.39 is 74.9 Å². The molecule has 5 atom stereocenters. The molecule has 2 bridgehead atoms. The van der Waals surface area contributed by atoms with Crippen LogP contribution in [-0.2, 0) is 26.0 Å². The highest BCUT2D eigenvalue weighted by Gasteiger charge is 2.44. The van der Waals surface area contributed by atoms with Crippen molar-refractivity contribution >= 4 is 27.7 Å². The molecule has 2 aliphatic rings. The highest BCUT2D eigenvalue weighted by Crippen LogP contribution is 2.34. The van der Waals surface area contributed by atoms with Crippen molar-refractivity contribution in [2.45, 2.75) is 76.1 Å². The van der Waals surface area contributed by atoms with E-state index in [1.165, 1.54) is 39.5 Å². The fourth-order valence-corrected chi connectivity index (χ4v) is 8.46. The monoisotopic (exact) mass is 730 g/mol. The van der Waals surface area contributed by atoms with E-state index in [2.05, 4.69) is 15.3 Å². The van der Waals surface area contributed by atoms with Crippen LogP contribution in [0.2, 0.25) is 0 Å². The zero-order valence-electron chi connectivity index (χ0n) is 28.2. The van der Waals surface area contributed by atoms with E-state index in [0.29, 0.717) is 18.9 Å². The molecule has 0 aliphatic carbocycles. The number of piperazine rings is 1. The average molecular weight is 731 g/mol. The number of anilines is 1. The molecule has 16 heteroatoms. The van der Waals surface area contributed by atoms with Crippen LogP contribution in [0.1, 0.15) is 62.6 Å². The van der Waals surface area contributed by atoms with Gasteiger partial charge in [-0.2, -0.15) is 4.31 Å². The van der Waals surface area contributed by atoms with Gasteiger partial charge in [-0.15, -0.1) is 0 Å². The number of carbonyl (C=O) groups is 2. The van der Waals surface area contributed by atoms with Gasteiger partial charge in [0.2, 0.25) is 15.9 Å². The molecule has 11 nitrogen and oxygen atoms in total. The van der Waals surface area contributed by atoms with E-state index >= 15 is 4.39 Å². The summed E-state index contributed by atoms with van der Waals surface area (Å²) in [7, 11) is -3.69. The summed E-state index contributed by atoms with van der Waals surface area (Å²) in [6, 6.07) is 8.39. The van der Waals surface area contributed by atoms with E-state index in [1.807, 2.05) is 0 Å². The molecule has 2 heterocycles. The number of amides is 2. The van der Waals surface area contributed by atoms with Crippen molar-refractivity contribution in [3.8, 4) is 0 Å². The molecule has 0 radical (unpaired) electrons. The fraction of sp³-hybridized carbons (Fsp3) is 0.429. The van der Waals surface area contributed by atoms with Gasteiger partial charge in [0.15, 0.2) is 0 Å². The minimum Gasteiger partial charge on any atom is -0.444 e. The predicted octanol–water partition coefficient (Wildman–Crippen LogP) is 7.04. The molecule has 3 unspecified atom stereocenters. The van der Waals surface area contributed by atoms with Crippen molar-refractivity contribution in [2.75, 3.05) is 24.2 Å². The highest BCUT2D eigenvalue weighted by atomic mass is 32.2. The zero-order chi connectivity index (χ0) is 37.1. The third kappa shape index (κ3) is 8.99. The van der Waals surface area contributed by atoms with Crippen molar-refractivity contribution in [2.24, 2.45) is 5.11 Å². The number of fused-ring (bicyclic) bond motifs is 2. The van der Waals surface area contributed by atoms with Crippen molar-refractivity contribution in [1.82, 2.24) is 9.21 Å². The Balaban J connectivity index is 1.44. The third-order valence-corrected chi connectivity index (χ3v) is 10.9. The Bertz CT molecular complexity index is 1920. The van der Waals surface area contributed by atoms with Gasteiger partial charge in [0.1, 0.15) is 34.9 Å². The van der Waals surface area contributed by atoms with Gasteiger partial charge in [0.05, 0.1) is 5.75 Å². The first-order chi connectivity index (χ1) is 24.1. The van der Waals surface area contributed by atoms with Crippen LogP contribution in [0.25, 0.3) is 10.4 Å². The molecule has 3 aromatic carbocycles. The Morgan fingerprint density at radius 1 is 1.00 bits per heavy atom. The normalized spacial score (nSPS) is 21.1. The van der Waals surface area contributed by atoms with Gasteiger partial charge in [0.25, 0.3) is 0 Å². The van der Waals surface area contributed by atoms with E-state index in [9.17, 15) is 36.7 Å². The van der Waals surface area contributed by atoms with Crippen LogP contribution in [0.3, 0.4) is 0 Å². The van der Waals surface area contributed by atoms with Crippen molar-refractivity contribution < 1.29 is 40.3 Å². The lowest BCUT2D eigenvalue weighted by molar-refractivity contribution is -0.117. The minimum absolute atomic E-state index is 0.0114. The van der Waals surface area contributed by atoms with E-state index in [0.717, 1.165) is 24.3 Å². The van der Waals surface area contributed by atoms with E-state index in [1.54, 1.807) is 20.8 Å². The number of nitrogens with one attached hydrogen (secondary N) is 1. The minimum atomic E-state index is -3.69. The molecule has 5 rings (SSSR count). The molecule has 1 N–H and O–H groups in total. The van der Waals surface area contributed by atoms with Crippen LogP contribution in [0.5, 0.6) is 0 Å². The van der Waals surface area contributed by atoms with Crippen LogP contribution >= 0.6 is 0 Å². The molecule has 2 aliphatic heterocycles. The van der Waals surface area contributed by atoms with Gasteiger partial charge in [-0.1, -0.05) is 23.3 Å². The molecular formula is C35H38F4N6O5S. The quantitative estimate of drug-likeness (QED) is 0.109. The van der Waals surface area contributed by atoms with E-state index in [-0.39, 0.29) is 54.1 Å². The summed E-state index contributed by atoms with van der Waals surface area (Å²) in [6.07, 6.45) is 0.239. The van der Waals surface area contributed by atoms with Crippen molar-refractivity contribution in [3.05, 3.63) is 111 Å². The number of carbonyl (C=O) groups excluding carboxylic acids is 2. The van der Waals surface area contributed by atoms with Crippen LogP contribution in [-0.4, -0.2) is 72.2 Å². The number of halogens is 4. The number of benzene rings is 3. The van der Waals surface area contributed by atoms with Gasteiger partial charge in [0, 0.05) is 53.3 Å². The highest BCUT2D eigenvalue weighted by molar-refractivity contribution is 7.89. The molecule has 2 saturated heterocycles. The third-order valence-electron chi connectivity index (χ3n) is 8.91. The Morgan fingerprint density at radius 2 is 1.69 bits per heavy atom. The van der Waals surface area contributed by atoms with Gasteiger partial charge in [-0.3, -0.25) is 4.79 Å². The Kier molecular flexibility index (Phi) is 11.3. The largest absolute Gasteiger partial charge is 0.444 e. The summed E-state index contributed by atoms with van der Waals surface area (Å²) < 4.78 is 91.6. The van der Waals surface area contributed by atoms with Gasteiger partial charge < -0.3 is 15.0 Å². The Morgan fingerprint density at radius 3 is 2.33 bits per heavy atom. The first-order valence-corrected chi connectivity index (χ1v) is 18.0. The Hall–Kier alpha value is -4.66. The standard InChI is InChI=1S/C35H38F4N6O5S/c1-35(2,3)50-34(47)44-19-27(45-20-26(44)6-5-15-51(45,48)49)13-14-28-29(39)7-4-8-30(28)41-33(46)32(42-43-40)31(21-9-11-23(36)12-10-21)22-16-24(37)18-25(38)17-22/h4,7-12,16-18,26-27,31-32H,5-6,13-15,19-20H2,1-3H3,(H,41,46)/t26?,27?,31-,32-/m0/s1. The second-order valence-electron chi connectivity index (χ2n) is 13.6. The summed E-state index contributed by atoms with van der Waals surface area (Å²) in [4.78, 5) is 31.4. The zero-order valence-corrected chi connectivity index (χ0v) is 29.0. The lowest BCUT2D eigenvalue weighted by atomic mass is 9.84. The summed E-state index contributed by atoms with van der Waals surface area (Å²) in [5, 5.41) is 6.23. The molecule has 272 valence electrons. The van der Waals surface area contributed by atoms with Crippen LogP contribution < -0.4 is 5.32 Å². The number of nitrogens with zero attached hydrogens (tertiary/aromatic N) is 5. The second kappa shape index (κ2) is 15.3. The predicted molar refractivity (Wildman–Crippen MR) is 181 cm³/mol. The first kappa shape index (κ1) is 37.6. The van der Waals surface area contributed by atoms with Crippen LogP contribution in [0, 0.1) is 23.3 Å². The Labute approximate surface area is 293 Å². The fourth-order valence-electron chi connectivity index (χ4n) is 6.66. The summed E-state index contributed by atoms with van der Waals surface area (Å²) >= 11 is 0. The lowest BCUT2D eigenvalue weighted by Gasteiger charge is -2.44. The van der Waals surface area contributed by atoms with Crippen LogP contribution in [0.4, 0.5) is 28.0 Å². The van der Waals surface area contributed by atoms with Crippen molar-refractivity contribution in [3.63, 3.8) is 0 Å². The SMILES string of the molecule is CC(C)(C)OC(=O)N1CC(CCc2c(F)cccc2NC(=O)[C@@H](N=[N+]=[N-])[C@@H](c2ccc(F)cc2)c2cc(F)cc(F)c2)N2CC1CCCS2(=O)=O. The number of hydrogen-bond acceptors (Lipinski definition) is 6. The summed E-state index contributed by atoms with van der Waals surface area (Å²) in [6.45, 7) is 5.27. The van der Waals surface area contributed by atoms with Gasteiger partial charge in [-0.25, -0.2) is 30.8 Å². The maximum atomic E-state index is 15.5. The lowest BCUT2D eigenvalue weighted by Crippen LogP contribution is -2.60. The summed E-state index contributed by atoms with van der Waals surface area (Å²) in [5.41, 5.74) is 8.79. The van der Waals surface area contributed by atoms with Gasteiger partial charge >= 0.3 is 6.09 Å². The topological polar surface area (TPSA) is 145 Å². The summed E-state index contributed by atoms with van der Waals surface area (Å²) in [5.74, 6) is -5.60. The van der Waals surface area contributed by atoms with Gasteiger partial charge in [-0.05, 0) is 99.5 Å². The molecule has 2 fully saturated rings. The molecule has 2 amide bonds. The maximum Gasteiger partial charge on any atom is 0.410 e. The number of rotatable bonds is 9. The number of ether oxygens (including phenoxy) is 1. The molecule has 0 spiro atoms. The first-order valence-electron chi connectivity index (χ1n) is 16.4. The smallest absolute Gasteiger partial charge is 0.410 e. The number of sulfonamides is 1. The molecule has 0 aromatic heterocycles. The molecule has 0 saturated carbocycles. The molecule has 3 aromatic rings. The average Bonchev–Trinajstić information content (AvgIpc) is 3.16. The number of hydrogen-bond donors (Lipinski definition) is 1. The van der Waals surface area contributed by atoms with Crippen molar-refractivity contribution in [1.29, 1.82) is 0 Å². The van der Waals surface area contributed by atoms with Crippen LogP contribution in [0.15, 0.2) is 65.8 Å². The molecular weight excluding hydrogens is 692 g/mol. The maximum absolute atomic E-state index is 15.5. The molecule has 51 heavy (non-hydrogen) atoms. The second-order valence-corrected chi connectivity index (χ2v) is 15.7. The number of azide groups is 1. The van der Waals surface area contributed by atoms with E-state index in [4.69, 9.17) is 4.74 Å².